The molecule has 0 unspecified atom stereocenters. The van der Waals surface area contributed by atoms with E-state index in [1.54, 1.807) is 12.3 Å². The van der Waals surface area contributed by atoms with Gasteiger partial charge in [0.1, 0.15) is 0 Å². The smallest absolute Gasteiger partial charge is 0.0598 e. The predicted octanol–water partition coefficient (Wildman–Crippen LogP) is 4.12. The van der Waals surface area contributed by atoms with E-state index in [1.165, 1.54) is 11.5 Å². The molecule has 0 bridgehead atoms. The van der Waals surface area contributed by atoms with Crippen molar-refractivity contribution >= 4 is 34.7 Å². The fourth-order valence-electron chi connectivity index (χ4n) is 1.01. The molecule has 2 aromatic rings. The lowest BCUT2D eigenvalue weighted by molar-refractivity contribution is 1.58. The number of hydrogen-bond donors (Lipinski definition) is 0. The molecule has 1 nitrogen and oxygen atoms in total. The van der Waals surface area contributed by atoms with Gasteiger partial charge in [0, 0.05) is 6.20 Å². The van der Waals surface area contributed by atoms with Crippen molar-refractivity contribution in [2.45, 2.75) is 0 Å². The summed E-state index contributed by atoms with van der Waals surface area (Å²) in [6.45, 7) is 0. The van der Waals surface area contributed by atoms with Crippen LogP contribution in [0.2, 0.25) is 10.0 Å². The van der Waals surface area contributed by atoms with Crippen molar-refractivity contribution in [3.63, 3.8) is 0 Å². The SMILES string of the molecule is Clc1ccc(-c2ccns2)cc1Cl. The maximum Gasteiger partial charge on any atom is 0.0598 e. The van der Waals surface area contributed by atoms with Crippen LogP contribution in [0.5, 0.6) is 0 Å². The Balaban J connectivity index is 2.49. The van der Waals surface area contributed by atoms with Crippen molar-refractivity contribution in [3.8, 4) is 10.4 Å². The minimum absolute atomic E-state index is 0.576. The van der Waals surface area contributed by atoms with E-state index in [-0.39, 0.29) is 0 Å². The highest BCUT2D eigenvalue weighted by molar-refractivity contribution is 7.09. The molecule has 66 valence electrons. The average Bonchev–Trinajstić information content (AvgIpc) is 2.62. The van der Waals surface area contributed by atoms with Gasteiger partial charge in [-0.25, -0.2) is 4.37 Å². The monoisotopic (exact) mass is 229 g/mol. The maximum absolute atomic E-state index is 5.88. The standard InChI is InChI=1S/C9H5Cl2NS/c10-7-2-1-6(5-8(7)11)9-3-4-12-13-9/h1-5H. The second kappa shape index (κ2) is 3.66. The molecule has 0 spiro atoms. The van der Waals surface area contributed by atoms with Gasteiger partial charge in [-0.05, 0) is 35.3 Å². The molecular formula is C9H5Cl2NS. The van der Waals surface area contributed by atoms with Gasteiger partial charge < -0.3 is 0 Å². The second-order valence-electron chi connectivity index (χ2n) is 2.51. The number of halogens is 2. The quantitative estimate of drug-likeness (QED) is 0.718. The van der Waals surface area contributed by atoms with E-state index < -0.39 is 0 Å². The summed E-state index contributed by atoms with van der Waals surface area (Å²) in [6, 6.07) is 7.52. The summed E-state index contributed by atoms with van der Waals surface area (Å²) in [5.74, 6) is 0. The Bertz CT molecular complexity index is 412. The van der Waals surface area contributed by atoms with Crippen LogP contribution in [0.15, 0.2) is 30.5 Å². The molecule has 0 atom stereocenters. The van der Waals surface area contributed by atoms with Crippen molar-refractivity contribution in [2.75, 3.05) is 0 Å². The number of hydrogen-bond acceptors (Lipinski definition) is 2. The summed E-state index contributed by atoms with van der Waals surface area (Å²) in [4.78, 5) is 1.10. The molecule has 0 radical (unpaired) electrons. The molecule has 13 heavy (non-hydrogen) atoms. The third kappa shape index (κ3) is 1.85. The molecule has 1 aromatic carbocycles. The Morgan fingerprint density at radius 1 is 1.08 bits per heavy atom. The van der Waals surface area contributed by atoms with Crippen LogP contribution in [0, 0.1) is 0 Å². The molecule has 0 N–H and O–H groups in total. The van der Waals surface area contributed by atoms with E-state index >= 15 is 0 Å². The number of benzene rings is 1. The van der Waals surface area contributed by atoms with Crippen LogP contribution in [0.1, 0.15) is 0 Å². The predicted molar refractivity (Wildman–Crippen MR) is 57.6 cm³/mol. The summed E-state index contributed by atoms with van der Waals surface area (Å²) in [6.07, 6.45) is 1.77. The van der Waals surface area contributed by atoms with Crippen LogP contribution < -0.4 is 0 Å². The zero-order valence-corrected chi connectivity index (χ0v) is 8.83. The van der Waals surface area contributed by atoms with E-state index in [4.69, 9.17) is 23.2 Å². The third-order valence-electron chi connectivity index (χ3n) is 1.64. The largest absolute Gasteiger partial charge is 0.201 e. The molecule has 2 rings (SSSR count). The Kier molecular flexibility index (Phi) is 2.54. The van der Waals surface area contributed by atoms with Gasteiger partial charge in [0.25, 0.3) is 0 Å². The summed E-state index contributed by atoms with van der Waals surface area (Å²) < 4.78 is 4.02. The van der Waals surface area contributed by atoms with Gasteiger partial charge in [-0.15, -0.1) is 0 Å². The number of aromatic nitrogens is 1. The summed E-state index contributed by atoms with van der Waals surface area (Å²) >= 11 is 13.1. The summed E-state index contributed by atoms with van der Waals surface area (Å²) in [5.41, 5.74) is 1.05. The molecule has 4 heteroatoms. The first-order chi connectivity index (χ1) is 6.27. The Hall–Kier alpha value is -0.570. The normalized spacial score (nSPS) is 10.3. The molecule has 0 saturated heterocycles. The highest BCUT2D eigenvalue weighted by Gasteiger charge is 2.02. The lowest BCUT2D eigenvalue weighted by Gasteiger charge is -1.98. The topological polar surface area (TPSA) is 12.9 Å². The average molecular weight is 230 g/mol. The van der Waals surface area contributed by atoms with Gasteiger partial charge in [-0.2, -0.15) is 0 Å². The van der Waals surface area contributed by atoms with Crippen molar-refractivity contribution in [1.82, 2.24) is 4.37 Å². The van der Waals surface area contributed by atoms with Gasteiger partial charge in [-0.1, -0.05) is 29.3 Å². The Labute approximate surface area is 90.1 Å². The molecule has 0 aliphatic rings. The lowest BCUT2D eigenvalue weighted by atomic mass is 10.2. The first-order valence-corrected chi connectivity index (χ1v) is 5.16. The third-order valence-corrected chi connectivity index (χ3v) is 3.18. The van der Waals surface area contributed by atoms with Crippen LogP contribution in [0.25, 0.3) is 10.4 Å². The van der Waals surface area contributed by atoms with E-state index in [0.717, 1.165) is 10.4 Å². The zero-order chi connectivity index (χ0) is 9.26. The van der Waals surface area contributed by atoms with E-state index in [0.29, 0.717) is 10.0 Å². The van der Waals surface area contributed by atoms with Gasteiger partial charge in [-0.3, -0.25) is 0 Å². The molecule has 0 fully saturated rings. The summed E-state index contributed by atoms with van der Waals surface area (Å²) in [5, 5.41) is 1.16. The lowest BCUT2D eigenvalue weighted by Crippen LogP contribution is -1.73. The first-order valence-electron chi connectivity index (χ1n) is 3.63. The molecule has 0 saturated carbocycles. The van der Waals surface area contributed by atoms with Crippen LogP contribution in [-0.4, -0.2) is 4.37 Å². The molecule has 0 amide bonds. The first kappa shape index (κ1) is 9.00. The van der Waals surface area contributed by atoms with E-state index in [1.807, 2.05) is 18.2 Å². The second-order valence-corrected chi connectivity index (χ2v) is 4.15. The van der Waals surface area contributed by atoms with Gasteiger partial charge >= 0.3 is 0 Å². The molecule has 1 heterocycles. The molecule has 1 aromatic heterocycles. The fraction of sp³-hybridized carbons (Fsp3) is 0. The summed E-state index contributed by atoms with van der Waals surface area (Å²) in [7, 11) is 0. The minimum Gasteiger partial charge on any atom is -0.201 e. The zero-order valence-electron chi connectivity index (χ0n) is 6.50. The Morgan fingerprint density at radius 2 is 1.92 bits per heavy atom. The van der Waals surface area contributed by atoms with Gasteiger partial charge in [0.15, 0.2) is 0 Å². The number of rotatable bonds is 1. The Morgan fingerprint density at radius 3 is 2.54 bits per heavy atom. The van der Waals surface area contributed by atoms with Crippen LogP contribution in [0.3, 0.4) is 0 Å². The van der Waals surface area contributed by atoms with Crippen LogP contribution >= 0.6 is 34.7 Å². The molecular weight excluding hydrogens is 225 g/mol. The van der Waals surface area contributed by atoms with Crippen LogP contribution in [-0.2, 0) is 0 Å². The highest BCUT2D eigenvalue weighted by Crippen LogP contribution is 2.29. The van der Waals surface area contributed by atoms with Gasteiger partial charge in [0.05, 0.1) is 14.9 Å². The minimum atomic E-state index is 0.576. The van der Waals surface area contributed by atoms with Crippen molar-refractivity contribution in [1.29, 1.82) is 0 Å². The van der Waals surface area contributed by atoms with Crippen molar-refractivity contribution in [2.24, 2.45) is 0 Å². The molecule has 0 aliphatic heterocycles. The fourth-order valence-corrected chi connectivity index (χ4v) is 1.90. The maximum atomic E-state index is 5.88. The van der Waals surface area contributed by atoms with E-state index in [2.05, 4.69) is 4.37 Å². The van der Waals surface area contributed by atoms with Crippen LogP contribution in [0.4, 0.5) is 0 Å². The number of nitrogens with zero attached hydrogens (tertiary/aromatic N) is 1. The van der Waals surface area contributed by atoms with Gasteiger partial charge in [0.2, 0.25) is 0 Å². The van der Waals surface area contributed by atoms with Crippen molar-refractivity contribution in [3.05, 3.63) is 40.5 Å². The van der Waals surface area contributed by atoms with E-state index in [9.17, 15) is 0 Å². The molecule has 0 aliphatic carbocycles. The van der Waals surface area contributed by atoms with Crippen molar-refractivity contribution < 1.29 is 0 Å². The highest BCUT2D eigenvalue weighted by atomic mass is 35.5.